The number of aliphatic hydroxyl groups is 5. The molecule has 1 aliphatic heterocycles. The van der Waals surface area contributed by atoms with Gasteiger partial charge in [0.2, 0.25) is 5.91 Å². The average molecular weight is 1220 g/mol. The Hall–Kier alpha value is -3.94. The van der Waals surface area contributed by atoms with Gasteiger partial charge in [0.1, 0.15) is 24.4 Å². The monoisotopic (exact) mass is 1220 g/mol. The van der Waals surface area contributed by atoms with Crippen molar-refractivity contribution in [2.45, 2.75) is 333 Å². The van der Waals surface area contributed by atoms with E-state index in [-0.39, 0.29) is 19.4 Å². The number of carbonyl (C=O) groups excluding carboxylic acids is 2. The molecule has 1 fully saturated rings. The van der Waals surface area contributed by atoms with E-state index in [2.05, 4.69) is 135 Å². The van der Waals surface area contributed by atoms with E-state index < -0.39 is 67.4 Å². The molecule has 0 aromatic heterocycles. The maximum atomic E-state index is 13.5. The fourth-order valence-electron chi connectivity index (χ4n) is 10.3. The summed E-state index contributed by atoms with van der Waals surface area (Å²) in [6.07, 6.45) is 76.6. The van der Waals surface area contributed by atoms with Crippen molar-refractivity contribution in [1.82, 2.24) is 5.32 Å². The van der Waals surface area contributed by atoms with E-state index in [0.29, 0.717) is 12.8 Å². The highest BCUT2D eigenvalue weighted by Gasteiger charge is 2.47. The van der Waals surface area contributed by atoms with Crippen molar-refractivity contribution >= 4 is 11.9 Å². The molecule has 1 aliphatic rings. The number of allylic oxidation sites excluding steroid dienone is 19. The highest BCUT2D eigenvalue weighted by atomic mass is 16.7. The Morgan fingerprint density at radius 3 is 1.26 bits per heavy atom. The van der Waals surface area contributed by atoms with Gasteiger partial charge in [0.05, 0.1) is 25.4 Å². The average Bonchev–Trinajstić information content (AvgIpc) is 2.51. The normalized spacial score (nSPS) is 19.0. The SMILES string of the molecule is CC/C=C\C/C=C\C/C=C\C/C=C\C/C=C\CCCCCC(=O)OC1C(OCC(NC(=O)C(O)CCCCCCCCCCCC/C=C\C/C=C\C/C=C\C/C=C\CCCCC)C(O)/C=C/CCCCCCCCCCCCC)OC(CO)C(O)C1O. The Morgan fingerprint density at radius 2 is 0.828 bits per heavy atom. The molecule has 11 heteroatoms. The molecule has 87 heavy (non-hydrogen) atoms. The van der Waals surface area contributed by atoms with Crippen molar-refractivity contribution in [2.75, 3.05) is 13.2 Å². The Balaban J connectivity index is 2.62. The van der Waals surface area contributed by atoms with Crippen molar-refractivity contribution in [3.05, 3.63) is 122 Å². The molecule has 0 aromatic carbocycles. The van der Waals surface area contributed by atoms with Crippen LogP contribution in [-0.2, 0) is 23.8 Å². The first kappa shape index (κ1) is 81.1. The molecule has 8 atom stereocenters. The lowest BCUT2D eigenvalue weighted by atomic mass is 9.99. The van der Waals surface area contributed by atoms with Crippen LogP contribution in [0.25, 0.3) is 0 Å². The van der Waals surface area contributed by atoms with Gasteiger partial charge >= 0.3 is 5.97 Å². The number of unbranched alkanes of at least 4 members (excludes halogenated alkanes) is 27. The summed E-state index contributed by atoms with van der Waals surface area (Å²) in [5.74, 6) is -1.24. The minimum Gasteiger partial charge on any atom is -0.454 e. The van der Waals surface area contributed by atoms with E-state index in [9.17, 15) is 35.1 Å². The second-order valence-electron chi connectivity index (χ2n) is 23.9. The van der Waals surface area contributed by atoms with Crippen LogP contribution >= 0.6 is 0 Å². The number of ether oxygens (including phenoxy) is 3. The number of carbonyl (C=O) groups is 2. The maximum Gasteiger partial charge on any atom is 0.306 e. The lowest BCUT2D eigenvalue weighted by molar-refractivity contribution is -0.305. The van der Waals surface area contributed by atoms with Crippen LogP contribution in [0.3, 0.4) is 0 Å². The number of esters is 1. The molecule has 0 aromatic rings. The Labute approximate surface area is 531 Å². The lowest BCUT2D eigenvalue weighted by Gasteiger charge is -2.41. The second-order valence-corrected chi connectivity index (χ2v) is 23.9. The summed E-state index contributed by atoms with van der Waals surface area (Å²) < 4.78 is 17.7. The third-order valence-electron chi connectivity index (χ3n) is 15.8. The molecule has 1 saturated heterocycles. The van der Waals surface area contributed by atoms with Gasteiger partial charge in [0.15, 0.2) is 12.4 Å². The summed E-state index contributed by atoms with van der Waals surface area (Å²) in [5, 5.41) is 57.2. The van der Waals surface area contributed by atoms with E-state index in [0.717, 1.165) is 116 Å². The largest absolute Gasteiger partial charge is 0.454 e. The van der Waals surface area contributed by atoms with Crippen LogP contribution in [0.5, 0.6) is 0 Å². The van der Waals surface area contributed by atoms with Crippen molar-refractivity contribution in [2.24, 2.45) is 0 Å². The standard InChI is InChI=1S/C76H129NO10/c1-4-7-10-13-16-19-22-25-27-29-31-32-33-34-35-36-37-39-40-42-45-48-51-54-57-60-63-69(80)75(84)77-67(68(79)62-59-56-53-50-47-44-24-21-18-15-12-9-6-3)66-85-76-74(73(83)72(82)70(65-78)86-76)87-71(81)64-61-58-55-52-49-46-43-41-38-30-28-26-23-20-17-14-11-8-5-2/h8,11,16-17,19-20,25-28,31-32,34-35,38,41,46,49,59,62,67-70,72-74,76,78-80,82-83H,4-7,9-10,12-15,18,21-24,29-30,33,36-37,39-40,42-45,47-48,50-58,60-61,63-66H2,1-3H3,(H,77,84)/b11-8-,19-16-,20-17-,27-25-,28-26-,32-31-,35-34-,41-38-,49-46-,62-59+. The number of amides is 1. The zero-order valence-corrected chi connectivity index (χ0v) is 55.3. The smallest absolute Gasteiger partial charge is 0.306 e. The number of hydrogen-bond donors (Lipinski definition) is 6. The molecule has 1 heterocycles. The van der Waals surface area contributed by atoms with Gasteiger partial charge in [-0.05, 0) is 116 Å². The molecule has 0 aliphatic carbocycles. The first-order valence-corrected chi connectivity index (χ1v) is 35.3. The Kier molecular flexibility index (Phi) is 58.0. The van der Waals surface area contributed by atoms with Crippen LogP contribution in [0, 0.1) is 0 Å². The predicted octanol–water partition coefficient (Wildman–Crippen LogP) is 18.2. The molecule has 0 radical (unpaired) electrons. The quantitative estimate of drug-likeness (QED) is 0.0195. The van der Waals surface area contributed by atoms with E-state index in [4.69, 9.17) is 14.2 Å². The molecule has 0 saturated carbocycles. The van der Waals surface area contributed by atoms with Crippen molar-refractivity contribution in [3.63, 3.8) is 0 Å². The molecule has 8 unspecified atom stereocenters. The fraction of sp³-hybridized carbons (Fsp3) is 0.711. The van der Waals surface area contributed by atoms with Crippen molar-refractivity contribution < 1.29 is 49.3 Å². The third-order valence-corrected chi connectivity index (χ3v) is 15.8. The third kappa shape index (κ3) is 49.5. The minimum absolute atomic E-state index is 0.0784. The molecular weight excluding hydrogens is 1090 g/mol. The van der Waals surface area contributed by atoms with Crippen molar-refractivity contribution in [3.8, 4) is 0 Å². The highest BCUT2D eigenvalue weighted by molar-refractivity contribution is 5.80. The lowest BCUT2D eigenvalue weighted by Crippen LogP contribution is -2.61. The Morgan fingerprint density at radius 1 is 0.460 bits per heavy atom. The summed E-state index contributed by atoms with van der Waals surface area (Å²) in [5.41, 5.74) is 0. The van der Waals surface area contributed by atoms with Gasteiger partial charge in [0, 0.05) is 6.42 Å². The molecule has 1 rings (SSSR count). The predicted molar refractivity (Wildman–Crippen MR) is 365 cm³/mol. The number of hydrogen-bond acceptors (Lipinski definition) is 10. The molecule has 0 bridgehead atoms. The van der Waals surface area contributed by atoms with Crippen LogP contribution in [0.15, 0.2) is 122 Å². The van der Waals surface area contributed by atoms with Crippen molar-refractivity contribution in [1.29, 1.82) is 0 Å². The van der Waals surface area contributed by atoms with Gasteiger partial charge < -0.3 is 45.1 Å². The van der Waals surface area contributed by atoms with Gasteiger partial charge in [-0.2, -0.15) is 0 Å². The topological polar surface area (TPSA) is 175 Å². The summed E-state index contributed by atoms with van der Waals surface area (Å²) in [6, 6.07) is -1.04. The van der Waals surface area contributed by atoms with E-state index in [1.807, 2.05) is 6.08 Å². The van der Waals surface area contributed by atoms with Gasteiger partial charge in [0.25, 0.3) is 0 Å². The maximum absolute atomic E-state index is 13.5. The van der Waals surface area contributed by atoms with E-state index >= 15 is 0 Å². The first-order valence-electron chi connectivity index (χ1n) is 35.3. The number of rotatable bonds is 59. The summed E-state index contributed by atoms with van der Waals surface area (Å²) >= 11 is 0. The van der Waals surface area contributed by atoms with Gasteiger partial charge in [-0.1, -0.05) is 284 Å². The molecule has 498 valence electrons. The zero-order valence-electron chi connectivity index (χ0n) is 55.3. The fourth-order valence-corrected chi connectivity index (χ4v) is 10.3. The Bertz CT molecular complexity index is 1880. The minimum atomic E-state index is -1.64. The van der Waals surface area contributed by atoms with Crippen LogP contribution in [0.2, 0.25) is 0 Å². The number of nitrogens with one attached hydrogen (secondary N) is 1. The van der Waals surface area contributed by atoms with Gasteiger partial charge in [-0.3, -0.25) is 9.59 Å². The van der Waals surface area contributed by atoms with Crippen LogP contribution in [0.4, 0.5) is 0 Å². The molecule has 1 amide bonds. The highest BCUT2D eigenvalue weighted by Crippen LogP contribution is 2.26. The van der Waals surface area contributed by atoms with Crippen LogP contribution in [0.1, 0.15) is 284 Å². The zero-order chi connectivity index (χ0) is 63.1. The first-order chi connectivity index (χ1) is 42.7. The van der Waals surface area contributed by atoms with Gasteiger partial charge in [-0.15, -0.1) is 0 Å². The van der Waals surface area contributed by atoms with Gasteiger partial charge in [-0.25, -0.2) is 0 Å². The number of aliphatic hydroxyl groups excluding tert-OH is 5. The van der Waals surface area contributed by atoms with E-state index in [1.54, 1.807) is 6.08 Å². The second kappa shape index (κ2) is 62.3. The van der Waals surface area contributed by atoms with E-state index in [1.165, 1.54) is 122 Å². The van der Waals surface area contributed by atoms with Crippen LogP contribution < -0.4 is 5.32 Å². The van der Waals surface area contributed by atoms with Crippen LogP contribution in [-0.4, -0.2) is 99.6 Å². The summed E-state index contributed by atoms with van der Waals surface area (Å²) in [7, 11) is 0. The molecular formula is C76H129NO10. The molecule has 6 N–H and O–H groups in total. The summed E-state index contributed by atoms with van der Waals surface area (Å²) in [4.78, 5) is 26.7. The molecule has 0 spiro atoms. The summed E-state index contributed by atoms with van der Waals surface area (Å²) in [6.45, 7) is 5.64. The molecule has 11 nitrogen and oxygen atoms in total.